The third kappa shape index (κ3) is 2.86. The molecule has 1 amide bonds. The van der Waals surface area contributed by atoms with Gasteiger partial charge in [0, 0.05) is 10.9 Å². The van der Waals surface area contributed by atoms with Gasteiger partial charge in [-0.05, 0) is 12.1 Å². The van der Waals surface area contributed by atoms with Gasteiger partial charge in [0.15, 0.2) is 0 Å². The number of aromatic nitrogens is 1. The lowest BCUT2D eigenvalue weighted by Crippen LogP contribution is -2.41. The minimum absolute atomic E-state index is 0.0475. The van der Waals surface area contributed by atoms with Gasteiger partial charge in [0.1, 0.15) is 5.69 Å². The Balaban J connectivity index is 2.08. The van der Waals surface area contributed by atoms with Gasteiger partial charge in [-0.2, -0.15) is 8.78 Å². The highest BCUT2D eigenvalue weighted by Crippen LogP contribution is 2.21. The molecule has 1 heterocycles. The molecule has 0 atom stereocenters. The van der Waals surface area contributed by atoms with Crippen LogP contribution in [-0.2, 0) is 0 Å². The predicted molar refractivity (Wildman–Crippen MR) is 61.6 cm³/mol. The molecule has 2 aromatic rings. The maximum Gasteiger partial charge on any atom is 0.324 e. The number of rotatable bonds is 4. The fraction of sp³-hybridized carbons (Fsp3) is 0.250. The first kappa shape index (κ1) is 13.4. The van der Waals surface area contributed by atoms with E-state index in [1.807, 2.05) is 0 Å². The average Bonchev–Trinajstić information content (AvgIpc) is 2.79. The van der Waals surface area contributed by atoms with E-state index in [9.17, 15) is 22.4 Å². The van der Waals surface area contributed by atoms with Gasteiger partial charge in [0.2, 0.25) is 0 Å². The number of hydrogen-bond acceptors (Lipinski definition) is 1. The summed E-state index contributed by atoms with van der Waals surface area (Å²) in [4.78, 5) is 14.3. The van der Waals surface area contributed by atoms with Crippen molar-refractivity contribution in [1.29, 1.82) is 0 Å². The molecular weight excluding hydrogens is 264 g/mol. The van der Waals surface area contributed by atoms with Gasteiger partial charge < -0.3 is 10.3 Å². The zero-order valence-corrected chi connectivity index (χ0v) is 9.59. The van der Waals surface area contributed by atoms with Gasteiger partial charge in [-0.1, -0.05) is 18.2 Å². The smallest absolute Gasteiger partial charge is 0.324 e. The van der Waals surface area contributed by atoms with Crippen LogP contribution in [0.25, 0.3) is 10.9 Å². The summed E-state index contributed by atoms with van der Waals surface area (Å²) < 4.78 is 49.2. The van der Waals surface area contributed by atoms with E-state index in [-0.39, 0.29) is 5.69 Å². The van der Waals surface area contributed by atoms with Crippen molar-refractivity contribution in [3.63, 3.8) is 0 Å². The Hall–Kier alpha value is -2.05. The highest BCUT2D eigenvalue weighted by molar-refractivity contribution is 5.97. The molecular formula is C12H10F4N2O. The number of aromatic amines is 1. The van der Waals surface area contributed by atoms with E-state index in [2.05, 4.69) is 4.98 Å². The highest BCUT2D eigenvalue weighted by atomic mass is 19.3. The lowest BCUT2D eigenvalue weighted by Gasteiger charge is -2.15. The molecule has 0 radical (unpaired) electrons. The number of carbonyl (C=O) groups is 1. The second-order valence-electron chi connectivity index (χ2n) is 4.01. The number of benzene rings is 1. The molecule has 0 unspecified atom stereocenters. The Morgan fingerprint density at radius 3 is 2.63 bits per heavy atom. The Kier molecular flexibility index (Phi) is 3.46. The summed E-state index contributed by atoms with van der Waals surface area (Å²) in [5.41, 5.74) is 0.708. The fourth-order valence-corrected chi connectivity index (χ4v) is 1.57. The van der Waals surface area contributed by atoms with Crippen molar-refractivity contribution in [2.75, 3.05) is 6.54 Å². The molecule has 0 aliphatic heterocycles. The first-order chi connectivity index (χ1) is 8.90. The van der Waals surface area contributed by atoms with Crippen LogP contribution in [0.1, 0.15) is 10.5 Å². The number of carbonyl (C=O) groups excluding carboxylic acids is 1. The quantitative estimate of drug-likeness (QED) is 0.827. The van der Waals surface area contributed by atoms with E-state index < -0.39 is 24.8 Å². The van der Waals surface area contributed by atoms with E-state index in [0.717, 1.165) is 5.39 Å². The second-order valence-corrected chi connectivity index (χ2v) is 4.01. The Morgan fingerprint density at radius 1 is 1.32 bits per heavy atom. The number of alkyl halides is 4. The molecule has 2 N–H and O–H groups in total. The molecule has 0 aliphatic carbocycles. The Labute approximate surface area is 105 Å². The number of halogens is 4. The van der Waals surface area contributed by atoms with E-state index in [1.54, 1.807) is 29.6 Å². The largest absolute Gasteiger partial charge is 0.351 e. The van der Waals surface area contributed by atoms with Crippen molar-refractivity contribution in [3.8, 4) is 0 Å². The van der Waals surface area contributed by atoms with Crippen LogP contribution in [0, 0.1) is 0 Å². The molecule has 1 aromatic heterocycles. The van der Waals surface area contributed by atoms with Crippen LogP contribution in [0.2, 0.25) is 0 Å². The summed E-state index contributed by atoms with van der Waals surface area (Å²) in [5.74, 6) is -5.08. The standard InChI is InChI=1S/C12H10F4N2O/c13-11(14)12(15,16)6-17-10(19)9-5-7-3-1-2-4-8(7)18-9/h1-5,11,18H,6H2,(H,17,19). The van der Waals surface area contributed by atoms with Gasteiger partial charge in [0.05, 0.1) is 6.54 Å². The molecule has 102 valence electrons. The van der Waals surface area contributed by atoms with Crippen LogP contribution < -0.4 is 5.32 Å². The molecule has 0 saturated carbocycles. The van der Waals surface area contributed by atoms with E-state index in [0.29, 0.717) is 5.52 Å². The summed E-state index contributed by atoms with van der Waals surface area (Å²) >= 11 is 0. The highest BCUT2D eigenvalue weighted by Gasteiger charge is 2.40. The number of hydrogen-bond donors (Lipinski definition) is 2. The monoisotopic (exact) mass is 274 g/mol. The molecule has 0 fully saturated rings. The molecule has 1 aromatic carbocycles. The van der Waals surface area contributed by atoms with E-state index in [1.165, 1.54) is 6.07 Å². The second kappa shape index (κ2) is 4.91. The van der Waals surface area contributed by atoms with Gasteiger partial charge in [-0.25, -0.2) is 8.78 Å². The minimum Gasteiger partial charge on any atom is -0.351 e. The van der Waals surface area contributed by atoms with E-state index >= 15 is 0 Å². The molecule has 0 spiro atoms. The van der Waals surface area contributed by atoms with Gasteiger partial charge in [-0.15, -0.1) is 0 Å². The summed E-state index contributed by atoms with van der Waals surface area (Å²) in [7, 11) is 0. The molecule has 0 saturated heterocycles. The number of nitrogens with one attached hydrogen (secondary N) is 2. The fourth-order valence-electron chi connectivity index (χ4n) is 1.57. The van der Waals surface area contributed by atoms with Crippen LogP contribution in [0.3, 0.4) is 0 Å². The topological polar surface area (TPSA) is 44.9 Å². The summed E-state index contributed by atoms with van der Waals surface area (Å²) in [6, 6.07) is 8.40. The van der Waals surface area contributed by atoms with Gasteiger partial charge in [-0.3, -0.25) is 4.79 Å². The molecule has 0 aliphatic rings. The molecule has 0 bridgehead atoms. The van der Waals surface area contributed by atoms with Crippen molar-refractivity contribution >= 4 is 16.8 Å². The zero-order chi connectivity index (χ0) is 14.0. The molecule has 3 nitrogen and oxygen atoms in total. The van der Waals surface area contributed by atoms with Crippen LogP contribution in [0.15, 0.2) is 30.3 Å². The number of para-hydroxylation sites is 1. The Bertz CT molecular complexity index is 561. The third-order valence-electron chi connectivity index (χ3n) is 2.58. The van der Waals surface area contributed by atoms with Crippen LogP contribution >= 0.6 is 0 Å². The third-order valence-corrected chi connectivity index (χ3v) is 2.58. The maximum atomic E-state index is 12.7. The number of H-pyrrole nitrogens is 1. The minimum atomic E-state index is -4.23. The lowest BCUT2D eigenvalue weighted by atomic mass is 10.2. The number of fused-ring (bicyclic) bond motifs is 1. The first-order valence-electron chi connectivity index (χ1n) is 5.42. The molecule has 7 heteroatoms. The van der Waals surface area contributed by atoms with Crippen molar-refractivity contribution in [3.05, 3.63) is 36.0 Å². The average molecular weight is 274 g/mol. The van der Waals surface area contributed by atoms with Crippen molar-refractivity contribution in [1.82, 2.24) is 10.3 Å². The zero-order valence-electron chi connectivity index (χ0n) is 9.59. The van der Waals surface area contributed by atoms with Gasteiger partial charge >= 0.3 is 12.3 Å². The molecule has 2 rings (SSSR count). The normalized spacial score (nSPS) is 12.1. The van der Waals surface area contributed by atoms with Crippen molar-refractivity contribution < 1.29 is 22.4 Å². The Morgan fingerprint density at radius 2 is 2.00 bits per heavy atom. The van der Waals surface area contributed by atoms with Crippen molar-refractivity contribution in [2.24, 2.45) is 0 Å². The first-order valence-corrected chi connectivity index (χ1v) is 5.42. The van der Waals surface area contributed by atoms with Gasteiger partial charge in [0.25, 0.3) is 5.91 Å². The predicted octanol–water partition coefficient (Wildman–Crippen LogP) is 2.80. The van der Waals surface area contributed by atoms with Crippen LogP contribution in [-0.4, -0.2) is 29.8 Å². The summed E-state index contributed by atoms with van der Waals surface area (Å²) in [6.07, 6.45) is -3.81. The van der Waals surface area contributed by atoms with Crippen LogP contribution in [0.4, 0.5) is 17.6 Å². The summed E-state index contributed by atoms with van der Waals surface area (Å²) in [6.45, 7) is -1.40. The SMILES string of the molecule is O=C(NCC(F)(F)C(F)F)c1cc2ccccc2[nH]1. The van der Waals surface area contributed by atoms with E-state index in [4.69, 9.17) is 0 Å². The lowest BCUT2D eigenvalue weighted by molar-refractivity contribution is -0.123. The molecule has 19 heavy (non-hydrogen) atoms. The van der Waals surface area contributed by atoms with Crippen LogP contribution in [0.5, 0.6) is 0 Å². The van der Waals surface area contributed by atoms with Crippen molar-refractivity contribution in [2.45, 2.75) is 12.3 Å². The maximum absolute atomic E-state index is 12.7. The number of amides is 1. The summed E-state index contributed by atoms with van der Waals surface area (Å²) in [5, 5.41) is 2.51.